The van der Waals surface area contributed by atoms with E-state index < -0.39 is 0 Å². The highest BCUT2D eigenvalue weighted by Crippen LogP contribution is 2.10. The minimum atomic E-state index is -0.298. The highest BCUT2D eigenvalue weighted by Gasteiger charge is 2.10. The van der Waals surface area contributed by atoms with Crippen molar-refractivity contribution < 1.29 is 4.79 Å². The van der Waals surface area contributed by atoms with Gasteiger partial charge >= 0.3 is 0 Å². The van der Waals surface area contributed by atoms with E-state index in [4.69, 9.17) is 0 Å². The summed E-state index contributed by atoms with van der Waals surface area (Å²) in [4.78, 5) is 31.6. The number of rotatable bonds is 4. The van der Waals surface area contributed by atoms with Gasteiger partial charge in [0.1, 0.15) is 11.3 Å². The van der Waals surface area contributed by atoms with Crippen molar-refractivity contribution in [2.75, 3.05) is 6.54 Å². The monoisotopic (exact) mass is 346 g/mol. The lowest BCUT2D eigenvalue weighted by molar-refractivity contribution is 0.0949. The third-order valence-corrected chi connectivity index (χ3v) is 4.41. The van der Waals surface area contributed by atoms with E-state index in [1.54, 1.807) is 18.2 Å². The number of amides is 1. The molecular formula is C20H18N4O2. The molecule has 6 heteroatoms. The van der Waals surface area contributed by atoms with Crippen LogP contribution in [0.1, 0.15) is 21.9 Å². The number of aromatic nitrogens is 3. The minimum Gasteiger partial charge on any atom is -0.350 e. The fourth-order valence-corrected chi connectivity index (χ4v) is 3.05. The fourth-order valence-electron chi connectivity index (χ4n) is 3.05. The molecule has 0 aliphatic rings. The maximum absolute atomic E-state index is 12.4. The van der Waals surface area contributed by atoms with Gasteiger partial charge in [-0.05, 0) is 36.6 Å². The topological polar surface area (TPSA) is 79.3 Å². The van der Waals surface area contributed by atoms with Crippen molar-refractivity contribution in [1.29, 1.82) is 0 Å². The van der Waals surface area contributed by atoms with Gasteiger partial charge in [0.05, 0.1) is 5.69 Å². The first-order chi connectivity index (χ1) is 12.6. The quantitative estimate of drug-likeness (QED) is 0.596. The molecule has 0 radical (unpaired) electrons. The van der Waals surface area contributed by atoms with Crippen molar-refractivity contribution in [3.8, 4) is 0 Å². The number of carbonyl (C=O) groups is 1. The van der Waals surface area contributed by atoms with Crippen molar-refractivity contribution in [2.45, 2.75) is 13.3 Å². The molecule has 0 spiro atoms. The van der Waals surface area contributed by atoms with E-state index in [2.05, 4.69) is 15.3 Å². The number of aryl methyl sites for hydroxylation is 1. The summed E-state index contributed by atoms with van der Waals surface area (Å²) >= 11 is 0. The number of hydrogen-bond acceptors (Lipinski definition) is 3. The average molecular weight is 346 g/mol. The van der Waals surface area contributed by atoms with Crippen LogP contribution in [0.2, 0.25) is 0 Å². The molecule has 26 heavy (non-hydrogen) atoms. The van der Waals surface area contributed by atoms with Crippen molar-refractivity contribution in [2.24, 2.45) is 0 Å². The van der Waals surface area contributed by atoms with Crippen LogP contribution in [0.25, 0.3) is 16.4 Å². The summed E-state index contributed by atoms with van der Waals surface area (Å²) in [7, 11) is 0. The van der Waals surface area contributed by atoms with Crippen molar-refractivity contribution in [3.05, 3.63) is 82.2 Å². The van der Waals surface area contributed by atoms with Gasteiger partial charge in [-0.3, -0.25) is 9.59 Å². The standard InChI is InChI=1S/C20H18N4O2/c1-13-5-4-8-18-22-15(12-24(13)18)9-10-21-20(26)17-11-14-6-2-3-7-16(14)19(25)23-17/h2-8,11-12H,9-10H2,1H3,(H,21,26)(H,23,25). The lowest BCUT2D eigenvalue weighted by Crippen LogP contribution is -2.28. The summed E-state index contributed by atoms with van der Waals surface area (Å²) in [5.41, 5.74) is 2.92. The number of nitrogens with zero attached hydrogens (tertiary/aromatic N) is 2. The fraction of sp³-hybridized carbons (Fsp3) is 0.150. The second kappa shape index (κ2) is 6.48. The molecule has 0 aliphatic heterocycles. The second-order valence-corrected chi connectivity index (χ2v) is 6.23. The molecule has 2 N–H and O–H groups in total. The van der Waals surface area contributed by atoms with Crippen LogP contribution in [0.3, 0.4) is 0 Å². The smallest absolute Gasteiger partial charge is 0.267 e. The Balaban J connectivity index is 1.46. The van der Waals surface area contributed by atoms with Gasteiger partial charge in [-0.25, -0.2) is 4.98 Å². The van der Waals surface area contributed by atoms with Gasteiger partial charge in [-0.1, -0.05) is 24.3 Å². The summed E-state index contributed by atoms with van der Waals surface area (Å²) < 4.78 is 2.03. The Hall–Kier alpha value is -3.41. The maximum Gasteiger partial charge on any atom is 0.267 e. The molecule has 0 aliphatic carbocycles. The summed E-state index contributed by atoms with van der Waals surface area (Å²) in [6.45, 7) is 2.47. The number of fused-ring (bicyclic) bond motifs is 2. The number of hydrogen-bond donors (Lipinski definition) is 2. The highest BCUT2D eigenvalue weighted by atomic mass is 16.2. The Morgan fingerprint density at radius 1 is 1.19 bits per heavy atom. The summed E-state index contributed by atoms with van der Waals surface area (Å²) in [5.74, 6) is -0.298. The van der Waals surface area contributed by atoms with Crippen molar-refractivity contribution >= 4 is 22.3 Å². The second-order valence-electron chi connectivity index (χ2n) is 6.23. The zero-order valence-corrected chi connectivity index (χ0v) is 14.3. The number of imidazole rings is 1. The van der Waals surface area contributed by atoms with E-state index >= 15 is 0 Å². The van der Waals surface area contributed by atoms with Gasteiger partial charge < -0.3 is 14.7 Å². The SMILES string of the molecule is Cc1cccc2nc(CCNC(=O)c3cc4ccccc4c(=O)[nH]3)cn12. The molecule has 1 amide bonds. The zero-order valence-electron chi connectivity index (χ0n) is 14.3. The van der Waals surface area contributed by atoms with Crippen LogP contribution in [0.5, 0.6) is 0 Å². The molecule has 0 bridgehead atoms. The first kappa shape index (κ1) is 16.1. The van der Waals surface area contributed by atoms with Gasteiger partial charge in [-0.15, -0.1) is 0 Å². The van der Waals surface area contributed by atoms with Crippen LogP contribution < -0.4 is 10.9 Å². The van der Waals surface area contributed by atoms with Gasteiger partial charge in [0.25, 0.3) is 11.5 Å². The predicted molar refractivity (Wildman–Crippen MR) is 101 cm³/mol. The largest absolute Gasteiger partial charge is 0.350 e. The Labute approximate surface area is 149 Å². The number of H-pyrrole nitrogens is 1. The number of pyridine rings is 2. The first-order valence-electron chi connectivity index (χ1n) is 8.46. The molecule has 0 atom stereocenters. The van der Waals surface area contributed by atoms with E-state index in [1.807, 2.05) is 47.9 Å². The maximum atomic E-state index is 12.4. The number of carbonyl (C=O) groups excluding carboxylic acids is 1. The molecule has 4 aromatic rings. The molecule has 6 nitrogen and oxygen atoms in total. The summed E-state index contributed by atoms with van der Waals surface area (Å²) in [6, 6.07) is 14.8. The minimum absolute atomic E-state index is 0.260. The number of nitrogens with one attached hydrogen (secondary N) is 2. The molecule has 0 fully saturated rings. The van der Waals surface area contributed by atoms with Crippen LogP contribution in [0.15, 0.2) is 59.5 Å². The average Bonchev–Trinajstić information content (AvgIpc) is 3.06. The van der Waals surface area contributed by atoms with E-state index in [-0.39, 0.29) is 17.2 Å². The van der Waals surface area contributed by atoms with Crippen LogP contribution in [-0.4, -0.2) is 26.8 Å². The normalized spacial score (nSPS) is 11.1. The molecule has 0 saturated carbocycles. The molecule has 4 rings (SSSR count). The molecule has 3 heterocycles. The van der Waals surface area contributed by atoms with Crippen LogP contribution >= 0.6 is 0 Å². The summed E-state index contributed by atoms with van der Waals surface area (Å²) in [5, 5.41) is 4.16. The van der Waals surface area contributed by atoms with Gasteiger partial charge in [0.15, 0.2) is 0 Å². The Morgan fingerprint density at radius 3 is 2.88 bits per heavy atom. The number of benzene rings is 1. The highest BCUT2D eigenvalue weighted by molar-refractivity contribution is 5.96. The lowest BCUT2D eigenvalue weighted by Gasteiger charge is -2.05. The molecule has 0 unspecified atom stereocenters. The number of aromatic amines is 1. The third kappa shape index (κ3) is 2.97. The Kier molecular flexibility index (Phi) is 4.01. The zero-order chi connectivity index (χ0) is 18.1. The van der Waals surface area contributed by atoms with Gasteiger partial charge in [0.2, 0.25) is 0 Å². The molecule has 0 saturated heterocycles. The first-order valence-corrected chi connectivity index (χ1v) is 8.46. The molecule has 3 aromatic heterocycles. The van der Waals surface area contributed by atoms with Gasteiger partial charge in [-0.2, -0.15) is 0 Å². The van der Waals surface area contributed by atoms with Crippen molar-refractivity contribution in [1.82, 2.24) is 19.7 Å². The molecule has 130 valence electrons. The Bertz CT molecular complexity index is 1170. The van der Waals surface area contributed by atoms with Gasteiger partial charge in [0, 0.05) is 30.2 Å². The van der Waals surface area contributed by atoms with E-state index in [9.17, 15) is 9.59 Å². The van der Waals surface area contributed by atoms with Crippen LogP contribution in [0.4, 0.5) is 0 Å². The molecule has 1 aromatic carbocycles. The summed E-state index contributed by atoms with van der Waals surface area (Å²) in [6.07, 6.45) is 2.60. The van der Waals surface area contributed by atoms with E-state index in [0.29, 0.717) is 18.4 Å². The van der Waals surface area contributed by atoms with Crippen LogP contribution in [-0.2, 0) is 6.42 Å². The van der Waals surface area contributed by atoms with E-state index in [0.717, 1.165) is 22.4 Å². The molecular weight excluding hydrogens is 328 g/mol. The van der Waals surface area contributed by atoms with E-state index in [1.165, 1.54) is 0 Å². The Morgan fingerprint density at radius 2 is 2.04 bits per heavy atom. The third-order valence-electron chi connectivity index (χ3n) is 4.41. The predicted octanol–water partition coefficient (Wildman–Crippen LogP) is 2.46. The van der Waals surface area contributed by atoms with Crippen molar-refractivity contribution in [3.63, 3.8) is 0 Å². The lowest BCUT2D eigenvalue weighted by atomic mass is 10.1. The van der Waals surface area contributed by atoms with Crippen LogP contribution in [0, 0.1) is 6.92 Å².